The molecule has 0 bridgehead atoms. The summed E-state index contributed by atoms with van der Waals surface area (Å²) in [5.41, 5.74) is 1.41. The standard InChI is InChI=1S/C10H15OP/c1-2-11-12-9-8-10-6-4-3-5-7-10/h3-7,12H,2,8-9H2,1H3. The van der Waals surface area contributed by atoms with Crippen molar-refractivity contribution in [3.8, 4) is 0 Å². The molecule has 12 heavy (non-hydrogen) atoms. The Morgan fingerprint density at radius 2 is 2.00 bits per heavy atom. The molecule has 0 aliphatic heterocycles. The molecule has 0 radical (unpaired) electrons. The minimum Gasteiger partial charge on any atom is -0.363 e. The second-order valence-corrected chi connectivity index (χ2v) is 3.64. The van der Waals surface area contributed by atoms with Crippen molar-refractivity contribution in [3.05, 3.63) is 35.9 Å². The van der Waals surface area contributed by atoms with Gasteiger partial charge in [0.1, 0.15) is 0 Å². The molecule has 1 unspecified atom stereocenters. The molecular weight excluding hydrogens is 167 g/mol. The molecule has 0 saturated heterocycles. The van der Waals surface area contributed by atoms with E-state index in [2.05, 4.69) is 24.3 Å². The maximum Gasteiger partial charge on any atom is 0.0477 e. The van der Waals surface area contributed by atoms with Crippen molar-refractivity contribution in [1.29, 1.82) is 0 Å². The summed E-state index contributed by atoms with van der Waals surface area (Å²) in [6.07, 6.45) is 2.29. The lowest BCUT2D eigenvalue weighted by molar-refractivity contribution is 0.389. The summed E-state index contributed by atoms with van der Waals surface area (Å²) < 4.78 is 5.28. The van der Waals surface area contributed by atoms with E-state index >= 15 is 0 Å². The van der Waals surface area contributed by atoms with Crippen LogP contribution in [0.4, 0.5) is 0 Å². The van der Waals surface area contributed by atoms with Crippen LogP contribution in [-0.2, 0) is 10.9 Å². The van der Waals surface area contributed by atoms with Crippen LogP contribution in [0.25, 0.3) is 0 Å². The number of aryl methyl sites for hydroxylation is 1. The molecule has 66 valence electrons. The molecule has 0 aliphatic carbocycles. The van der Waals surface area contributed by atoms with Gasteiger partial charge in [-0.25, -0.2) is 0 Å². The summed E-state index contributed by atoms with van der Waals surface area (Å²) in [7, 11) is 0.658. The van der Waals surface area contributed by atoms with Gasteiger partial charge in [-0.3, -0.25) is 0 Å². The van der Waals surface area contributed by atoms with Crippen molar-refractivity contribution in [1.82, 2.24) is 0 Å². The number of benzene rings is 1. The fraction of sp³-hybridized carbons (Fsp3) is 0.400. The highest BCUT2D eigenvalue weighted by Crippen LogP contribution is 2.13. The van der Waals surface area contributed by atoms with Crippen LogP contribution in [0.15, 0.2) is 30.3 Å². The predicted octanol–water partition coefficient (Wildman–Crippen LogP) is 2.86. The molecule has 0 aromatic heterocycles. The highest BCUT2D eigenvalue weighted by Gasteiger charge is 1.90. The van der Waals surface area contributed by atoms with Crippen LogP contribution in [0.2, 0.25) is 0 Å². The van der Waals surface area contributed by atoms with E-state index in [4.69, 9.17) is 4.52 Å². The Morgan fingerprint density at radius 3 is 2.67 bits per heavy atom. The van der Waals surface area contributed by atoms with E-state index in [0.29, 0.717) is 8.81 Å². The lowest BCUT2D eigenvalue weighted by Gasteiger charge is -2.00. The van der Waals surface area contributed by atoms with Gasteiger partial charge in [-0.1, -0.05) is 30.3 Å². The summed E-state index contributed by atoms with van der Waals surface area (Å²) in [4.78, 5) is 0. The second-order valence-electron chi connectivity index (χ2n) is 2.56. The molecule has 0 spiro atoms. The fourth-order valence-corrected chi connectivity index (χ4v) is 1.75. The Hall–Kier alpha value is -0.390. The quantitative estimate of drug-likeness (QED) is 0.502. The first-order valence-corrected chi connectivity index (χ1v) is 5.43. The molecule has 1 aromatic rings. The summed E-state index contributed by atoms with van der Waals surface area (Å²) in [5, 5.41) is 0. The van der Waals surface area contributed by atoms with E-state index in [1.54, 1.807) is 0 Å². The molecule has 1 nitrogen and oxygen atoms in total. The van der Waals surface area contributed by atoms with Crippen LogP contribution in [0.3, 0.4) is 0 Å². The van der Waals surface area contributed by atoms with Gasteiger partial charge in [-0.15, -0.1) is 0 Å². The highest BCUT2D eigenvalue weighted by molar-refractivity contribution is 7.32. The maximum absolute atomic E-state index is 5.28. The third-order valence-corrected chi connectivity index (χ3v) is 2.55. The van der Waals surface area contributed by atoms with Crippen molar-refractivity contribution in [2.45, 2.75) is 13.3 Å². The van der Waals surface area contributed by atoms with Crippen LogP contribution in [-0.4, -0.2) is 12.8 Å². The number of hydrogen-bond acceptors (Lipinski definition) is 1. The van der Waals surface area contributed by atoms with E-state index in [9.17, 15) is 0 Å². The minimum atomic E-state index is 0.658. The zero-order valence-electron chi connectivity index (χ0n) is 7.42. The van der Waals surface area contributed by atoms with Gasteiger partial charge in [0.05, 0.1) is 0 Å². The SMILES string of the molecule is CCOPCCc1ccccc1. The Kier molecular flexibility index (Phi) is 4.98. The monoisotopic (exact) mass is 182 g/mol. The van der Waals surface area contributed by atoms with Crippen LogP contribution < -0.4 is 0 Å². The first kappa shape index (κ1) is 9.70. The topological polar surface area (TPSA) is 9.23 Å². The van der Waals surface area contributed by atoms with E-state index in [1.807, 2.05) is 13.0 Å². The predicted molar refractivity (Wildman–Crippen MR) is 55.0 cm³/mol. The smallest absolute Gasteiger partial charge is 0.0477 e. The molecule has 0 amide bonds. The maximum atomic E-state index is 5.28. The lowest BCUT2D eigenvalue weighted by atomic mass is 10.2. The lowest BCUT2D eigenvalue weighted by Crippen LogP contribution is -1.87. The number of rotatable bonds is 5. The van der Waals surface area contributed by atoms with Gasteiger partial charge in [-0.2, -0.15) is 0 Å². The Morgan fingerprint density at radius 1 is 1.25 bits per heavy atom. The molecule has 1 aromatic carbocycles. The van der Waals surface area contributed by atoms with E-state index in [0.717, 1.165) is 19.2 Å². The summed E-state index contributed by atoms with van der Waals surface area (Å²) in [5.74, 6) is 0. The second kappa shape index (κ2) is 6.16. The fourth-order valence-electron chi connectivity index (χ4n) is 1.01. The Balaban J connectivity index is 2.16. The van der Waals surface area contributed by atoms with Crippen molar-refractivity contribution in [2.24, 2.45) is 0 Å². The zero-order valence-corrected chi connectivity index (χ0v) is 8.42. The Labute approximate surface area is 76.0 Å². The third kappa shape index (κ3) is 3.85. The zero-order chi connectivity index (χ0) is 8.65. The normalized spacial score (nSPS) is 11.1. The molecular formula is C10H15OP. The largest absolute Gasteiger partial charge is 0.363 e. The third-order valence-electron chi connectivity index (χ3n) is 1.60. The summed E-state index contributed by atoms with van der Waals surface area (Å²) in [6, 6.07) is 10.5. The van der Waals surface area contributed by atoms with Crippen LogP contribution in [0.5, 0.6) is 0 Å². The summed E-state index contributed by atoms with van der Waals surface area (Å²) >= 11 is 0. The minimum absolute atomic E-state index is 0.658. The Bertz CT molecular complexity index is 198. The van der Waals surface area contributed by atoms with E-state index < -0.39 is 0 Å². The highest BCUT2D eigenvalue weighted by atomic mass is 31.1. The average Bonchev–Trinajstić information content (AvgIpc) is 2.14. The molecule has 0 saturated carbocycles. The van der Waals surface area contributed by atoms with Crippen molar-refractivity contribution >= 4 is 8.81 Å². The van der Waals surface area contributed by atoms with Crippen LogP contribution in [0, 0.1) is 0 Å². The molecule has 0 N–H and O–H groups in total. The van der Waals surface area contributed by atoms with E-state index in [1.165, 1.54) is 5.56 Å². The van der Waals surface area contributed by atoms with Crippen LogP contribution in [0.1, 0.15) is 12.5 Å². The van der Waals surface area contributed by atoms with Gasteiger partial charge < -0.3 is 4.52 Å². The summed E-state index contributed by atoms with van der Waals surface area (Å²) in [6.45, 7) is 2.88. The van der Waals surface area contributed by atoms with Crippen molar-refractivity contribution < 1.29 is 4.52 Å². The molecule has 1 atom stereocenters. The first-order valence-electron chi connectivity index (χ1n) is 4.32. The molecule has 0 heterocycles. The van der Waals surface area contributed by atoms with Gasteiger partial charge in [0.2, 0.25) is 0 Å². The van der Waals surface area contributed by atoms with Gasteiger partial charge in [0.15, 0.2) is 0 Å². The van der Waals surface area contributed by atoms with Gasteiger partial charge in [-0.05, 0) is 25.1 Å². The van der Waals surface area contributed by atoms with E-state index in [-0.39, 0.29) is 0 Å². The van der Waals surface area contributed by atoms with Gasteiger partial charge in [0, 0.05) is 15.4 Å². The first-order chi connectivity index (χ1) is 5.93. The van der Waals surface area contributed by atoms with Crippen molar-refractivity contribution in [2.75, 3.05) is 12.8 Å². The molecule has 0 aliphatic rings. The van der Waals surface area contributed by atoms with Gasteiger partial charge in [0.25, 0.3) is 0 Å². The van der Waals surface area contributed by atoms with Gasteiger partial charge >= 0.3 is 0 Å². The number of hydrogen-bond donors (Lipinski definition) is 0. The molecule has 0 fully saturated rings. The average molecular weight is 182 g/mol. The van der Waals surface area contributed by atoms with Crippen molar-refractivity contribution in [3.63, 3.8) is 0 Å². The van der Waals surface area contributed by atoms with Crippen LogP contribution >= 0.6 is 8.81 Å². The molecule has 2 heteroatoms. The molecule has 1 rings (SSSR count).